The van der Waals surface area contributed by atoms with Crippen molar-refractivity contribution in [3.05, 3.63) is 132 Å². The van der Waals surface area contributed by atoms with E-state index in [4.69, 9.17) is 0 Å². The van der Waals surface area contributed by atoms with Gasteiger partial charge >= 0.3 is 0 Å². The van der Waals surface area contributed by atoms with Gasteiger partial charge in [0.25, 0.3) is 11.8 Å². The molecule has 5 rings (SSSR count). The van der Waals surface area contributed by atoms with Crippen LogP contribution in [0.25, 0.3) is 0 Å². The number of nitrogens with zero attached hydrogens (tertiary/aromatic N) is 4. The van der Waals surface area contributed by atoms with E-state index in [0.717, 1.165) is 11.1 Å². The number of benzene rings is 3. The van der Waals surface area contributed by atoms with Crippen molar-refractivity contribution in [1.29, 1.82) is 0 Å². The topological polar surface area (TPSA) is 93.8 Å². The maximum Gasteiger partial charge on any atom is 0.256 e. The van der Waals surface area contributed by atoms with Crippen LogP contribution < -0.4 is 10.6 Å². The predicted octanol–water partition coefficient (Wildman–Crippen LogP) is 4.68. The normalized spacial score (nSPS) is 10.7. The van der Waals surface area contributed by atoms with Crippen LogP contribution in [0.5, 0.6) is 0 Å². The SMILES string of the molecule is O=C(Nc1ccnn1Cc1ccccc1)c1ccc(C(=O)Nc2ccnn2Cc2ccccc2)cc1. The van der Waals surface area contributed by atoms with Crippen molar-refractivity contribution in [3.8, 4) is 0 Å². The Morgan fingerprint density at radius 1 is 0.556 bits per heavy atom. The Hall–Kier alpha value is -4.98. The molecule has 0 bridgehead atoms. The van der Waals surface area contributed by atoms with E-state index in [2.05, 4.69) is 20.8 Å². The van der Waals surface area contributed by atoms with E-state index < -0.39 is 0 Å². The van der Waals surface area contributed by atoms with Crippen molar-refractivity contribution in [2.45, 2.75) is 13.1 Å². The van der Waals surface area contributed by atoms with Gasteiger partial charge in [-0.15, -0.1) is 0 Å². The number of rotatable bonds is 8. The number of hydrogen-bond donors (Lipinski definition) is 2. The average Bonchev–Trinajstić information content (AvgIpc) is 3.54. The van der Waals surface area contributed by atoms with Gasteiger partial charge in [0.1, 0.15) is 11.6 Å². The summed E-state index contributed by atoms with van der Waals surface area (Å²) >= 11 is 0. The zero-order chi connectivity index (χ0) is 24.7. The third-order valence-corrected chi connectivity index (χ3v) is 5.68. The first-order chi connectivity index (χ1) is 17.7. The van der Waals surface area contributed by atoms with Crippen molar-refractivity contribution >= 4 is 23.5 Å². The summed E-state index contributed by atoms with van der Waals surface area (Å²) in [6.07, 6.45) is 3.29. The number of aromatic nitrogens is 4. The Morgan fingerprint density at radius 3 is 1.33 bits per heavy atom. The highest BCUT2D eigenvalue weighted by Gasteiger charge is 2.13. The lowest BCUT2D eigenvalue weighted by Crippen LogP contribution is -2.18. The molecule has 0 atom stereocenters. The molecule has 2 heterocycles. The van der Waals surface area contributed by atoms with Crippen LogP contribution in [0.15, 0.2) is 109 Å². The maximum atomic E-state index is 12.8. The van der Waals surface area contributed by atoms with Crippen LogP contribution in [-0.4, -0.2) is 31.4 Å². The Bertz CT molecular complexity index is 1340. The number of anilines is 2. The van der Waals surface area contributed by atoms with Gasteiger partial charge in [0.05, 0.1) is 25.5 Å². The highest BCUT2D eigenvalue weighted by atomic mass is 16.2. The Balaban J connectivity index is 1.22. The summed E-state index contributed by atoms with van der Waals surface area (Å²) in [6, 6.07) is 29.8. The fourth-order valence-corrected chi connectivity index (χ4v) is 3.79. The molecule has 0 fully saturated rings. The Labute approximate surface area is 208 Å². The van der Waals surface area contributed by atoms with E-state index in [1.54, 1.807) is 58.2 Å². The van der Waals surface area contributed by atoms with Gasteiger partial charge < -0.3 is 10.6 Å². The number of carbonyl (C=O) groups excluding carboxylic acids is 2. The Morgan fingerprint density at radius 2 is 0.944 bits per heavy atom. The van der Waals surface area contributed by atoms with Crippen LogP contribution in [0.2, 0.25) is 0 Å². The van der Waals surface area contributed by atoms with Crippen molar-refractivity contribution < 1.29 is 9.59 Å². The standard InChI is InChI=1S/C28H24N6O2/c35-27(31-25-15-17-29-33(25)19-21-7-3-1-4-8-21)23-11-13-24(14-12-23)28(36)32-26-16-18-30-34(26)20-22-9-5-2-6-10-22/h1-18H,19-20H2,(H,31,35)(H,32,36). The summed E-state index contributed by atoms with van der Waals surface area (Å²) < 4.78 is 3.46. The van der Waals surface area contributed by atoms with Gasteiger partial charge in [0.15, 0.2) is 0 Å². The van der Waals surface area contributed by atoms with E-state index >= 15 is 0 Å². The highest BCUT2D eigenvalue weighted by Crippen LogP contribution is 2.15. The molecule has 0 radical (unpaired) electrons. The summed E-state index contributed by atoms with van der Waals surface area (Å²) in [5.41, 5.74) is 3.04. The second kappa shape index (κ2) is 10.5. The molecule has 2 N–H and O–H groups in total. The molecule has 0 saturated carbocycles. The van der Waals surface area contributed by atoms with Gasteiger partial charge in [0, 0.05) is 23.3 Å². The fraction of sp³-hybridized carbons (Fsp3) is 0.0714. The zero-order valence-corrected chi connectivity index (χ0v) is 19.4. The van der Waals surface area contributed by atoms with Crippen molar-refractivity contribution in [2.75, 3.05) is 10.6 Å². The Kier molecular flexibility index (Phi) is 6.66. The fourth-order valence-electron chi connectivity index (χ4n) is 3.79. The first-order valence-corrected chi connectivity index (χ1v) is 11.5. The second-order valence-electron chi connectivity index (χ2n) is 8.20. The van der Waals surface area contributed by atoms with Crippen molar-refractivity contribution in [2.24, 2.45) is 0 Å². The summed E-state index contributed by atoms with van der Waals surface area (Å²) in [5, 5.41) is 14.4. The summed E-state index contributed by atoms with van der Waals surface area (Å²) in [4.78, 5) is 25.6. The molecule has 2 aromatic heterocycles. The number of nitrogens with one attached hydrogen (secondary N) is 2. The molecule has 5 aromatic rings. The highest BCUT2D eigenvalue weighted by molar-refractivity contribution is 6.06. The average molecular weight is 477 g/mol. The van der Waals surface area contributed by atoms with Gasteiger partial charge in [-0.05, 0) is 35.4 Å². The first kappa shape index (κ1) is 22.8. The monoisotopic (exact) mass is 476 g/mol. The molecule has 36 heavy (non-hydrogen) atoms. The summed E-state index contributed by atoms with van der Waals surface area (Å²) in [5.74, 6) is 0.630. The minimum Gasteiger partial charge on any atom is -0.307 e. The van der Waals surface area contributed by atoms with Gasteiger partial charge in [0.2, 0.25) is 0 Å². The smallest absolute Gasteiger partial charge is 0.256 e. The minimum absolute atomic E-state index is 0.280. The molecule has 178 valence electrons. The van der Waals surface area contributed by atoms with E-state index in [1.165, 1.54) is 0 Å². The molecular formula is C28H24N6O2. The minimum atomic E-state index is -0.280. The lowest BCUT2D eigenvalue weighted by molar-refractivity contribution is 0.101. The summed E-state index contributed by atoms with van der Waals surface area (Å²) in [6.45, 7) is 1.09. The van der Waals surface area contributed by atoms with Crippen LogP contribution in [0.3, 0.4) is 0 Å². The van der Waals surface area contributed by atoms with Gasteiger partial charge in [-0.2, -0.15) is 10.2 Å². The van der Waals surface area contributed by atoms with Gasteiger partial charge in [-0.1, -0.05) is 60.7 Å². The van der Waals surface area contributed by atoms with E-state index in [-0.39, 0.29) is 11.8 Å². The first-order valence-electron chi connectivity index (χ1n) is 11.5. The van der Waals surface area contributed by atoms with E-state index in [9.17, 15) is 9.59 Å². The number of carbonyl (C=O) groups is 2. The van der Waals surface area contributed by atoms with E-state index in [0.29, 0.717) is 35.9 Å². The number of amides is 2. The molecule has 2 amide bonds. The molecule has 0 unspecified atom stereocenters. The molecular weight excluding hydrogens is 452 g/mol. The molecule has 8 nitrogen and oxygen atoms in total. The largest absolute Gasteiger partial charge is 0.307 e. The molecule has 0 aliphatic heterocycles. The third kappa shape index (κ3) is 5.39. The molecule has 0 aliphatic carbocycles. The lowest BCUT2D eigenvalue weighted by Gasteiger charge is -2.11. The van der Waals surface area contributed by atoms with Crippen LogP contribution in [0.4, 0.5) is 11.6 Å². The molecule has 8 heteroatoms. The van der Waals surface area contributed by atoms with Crippen LogP contribution in [0, 0.1) is 0 Å². The zero-order valence-electron chi connectivity index (χ0n) is 19.4. The van der Waals surface area contributed by atoms with Crippen molar-refractivity contribution in [3.63, 3.8) is 0 Å². The third-order valence-electron chi connectivity index (χ3n) is 5.68. The molecule has 0 spiro atoms. The maximum absolute atomic E-state index is 12.8. The van der Waals surface area contributed by atoms with E-state index in [1.807, 2.05) is 60.7 Å². The molecule has 0 aliphatic rings. The van der Waals surface area contributed by atoms with Gasteiger partial charge in [-0.3, -0.25) is 9.59 Å². The quantitative estimate of drug-likeness (QED) is 0.340. The number of hydrogen-bond acceptors (Lipinski definition) is 4. The van der Waals surface area contributed by atoms with Crippen LogP contribution >= 0.6 is 0 Å². The molecule has 0 saturated heterocycles. The summed E-state index contributed by atoms with van der Waals surface area (Å²) in [7, 11) is 0. The van der Waals surface area contributed by atoms with Crippen LogP contribution in [0.1, 0.15) is 31.8 Å². The predicted molar refractivity (Wildman–Crippen MR) is 138 cm³/mol. The van der Waals surface area contributed by atoms with Crippen LogP contribution in [-0.2, 0) is 13.1 Å². The lowest BCUT2D eigenvalue weighted by atomic mass is 10.1. The second-order valence-corrected chi connectivity index (χ2v) is 8.20. The molecule has 3 aromatic carbocycles. The van der Waals surface area contributed by atoms with Gasteiger partial charge in [-0.25, -0.2) is 9.36 Å². The van der Waals surface area contributed by atoms with Crippen molar-refractivity contribution in [1.82, 2.24) is 19.6 Å².